The third-order valence-electron chi connectivity index (χ3n) is 4.92. The van der Waals surface area contributed by atoms with E-state index in [9.17, 15) is 13.2 Å². The number of halogens is 1. The van der Waals surface area contributed by atoms with Crippen molar-refractivity contribution >= 4 is 33.2 Å². The molecule has 0 fully saturated rings. The van der Waals surface area contributed by atoms with Crippen LogP contribution in [0.15, 0.2) is 71.6 Å². The first-order valence-electron chi connectivity index (χ1n) is 9.96. The van der Waals surface area contributed by atoms with Crippen molar-refractivity contribution in [1.82, 2.24) is 5.32 Å². The van der Waals surface area contributed by atoms with E-state index in [0.717, 1.165) is 21.0 Å². The topological polar surface area (TPSA) is 75.7 Å². The van der Waals surface area contributed by atoms with E-state index in [0.29, 0.717) is 5.02 Å². The number of rotatable bonds is 8. The van der Waals surface area contributed by atoms with Gasteiger partial charge in [0, 0.05) is 11.6 Å². The summed E-state index contributed by atoms with van der Waals surface area (Å²) in [5.74, 6) is -0.167. The van der Waals surface area contributed by atoms with Crippen molar-refractivity contribution in [1.29, 1.82) is 0 Å². The van der Waals surface area contributed by atoms with Gasteiger partial charge in [-0.25, -0.2) is 8.42 Å². The lowest BCUT2D eigenvalue weighted by Gasteiger charge is -2.26. The van der Waals surface area contributed by atoms with Gasteiger partial charge >= 0.3 is 0 Å². The fourth-order valence-corrected chi connectivity index (χ4v) is 4.68. The Morgan fingerprint density at radius 1 is 0.969 bits per heavy atom. The molecule has 0 unspecified atom stereocenters. The predicted octanol–water partition coefficient (Wildman–Crippen LogP) is 4.48. The average molecular weight is 473 g/mol. The highest BCUT2D eigenvalue weighted by Crippen LogP contribution is 2.34. The summed E-state index contributed by atoms with van der Waals surface area (Å²) in [7, 11) is -2.64. The summed E-state index contributed by atoms with van der Waals surface area (Å²) in [4.78, 5) is 12.9. The standard InChI is InChI=1S/C24H25ClN2O4S/c1-17-4-8-19(9-5-17)15-26-24(28)16-27(22-14-20(25)10-13-23(22)31-3)32(29,30)21-11-6-18(2)7-12-21/h4-14H,15-16H2,1-3H3,(H,26,28). The number of hydrogen-bond acceptors (Lipinski definition) is 4. The maximum absolute atomic E-state index is 13.5. The average Bonchev–Trinajstić information content (AvgIpc) is 2.77. The van der Waals surface area contributed by atoms with Crippen LogP contribution >= 0.6 is 11.6 Å². The SMILES string of the molecule is COc1ccc(Cl)cc1N(CC(=O)NCc1ccc(C)cc1)S(=O)(=O)c1ccc(C)cc1. The van der Waals surface area contributed by atoms with Gasteiger partial charge < -0.3 is 10.1 Å². The number of sulfonamides is 1. The van der Waals surface area contributed by atoms with Crippen molar-refractivity contribution in [2.45, 2.75) is 25.3 Å². The zero-order valence-electron chi connectivity index (χ0n) is 18.1. The molecule has 1 amide bonds. The van der Waals surface area contributed by atoms with Crippen molar-refractivity contribution in [2.24, 2.45) is 0 Å². The molecule has 0 saturated heterocycles. The minimum atomic E-state index is -4.07. The van der Waals surface area contributed by atoms with E-state index in [-0.39, 0.29) is 22.9 Å². The minimum Gasteiger partial charge on any atom is -0.495 e. The van der Waals surface area contributed by atoms with Crippen LogP contribution in [0.3, 0.4) is 0 Å². The number of hydrogen-bond donors (Lipinski definition) is 1. The minimum absolute atomic E-state index is 0.0662. The molecule has 3 rings (SSSR count). The zero-order chi connectivity index (χ0) is 23.3. The molecule has 0 aliphatic rings. The summed E-state index contributed by atoms with van der Waals surface area (Å²) in [6.07, 6.45) is 0. The molecule has 0 saturated carbocycles. The molecule has 8 heteroatoms. The molecule has 3 aromatic carbocycles. The highest BCUT2D eigenvalue weighted by molar-refractivity contribution is 7.92. The number of ether oxygens (including phenoxy) is 1. The van der Waals surface area contributed by atoms with E-state index in [4.69, 9.17) is 16.3 Å². The molecule has 0 aliphatic heterocycles. The first-order valence-corrected chi connectivity index (χ1v) is 11.8. The number of carbonyl (C=O) groups excluding carboxylic acids is 1. The predicted molar refractivity (Wildman–Crippen MR) is 127 cm³/mol. The number of carbonyl (C=O) groups is 1. The Labute approximate surface area is 193 Å². The highest BCUT2D eigenvalue weighted by atomic mass is 35.5. The van der Waals surface area contributed by atoms with Crippen molar-refractivity contribution < 1.29 is 17.9 Å². The molecule has 168 valence electrons. The number of nitrogens with zero attached hydrogens (tertiary/aromatic N) is 1. The Morgan fingerprint density at radius 2 is 1.56 bits per heavy atom. The van der Waals surface area contributed by atoms with E-state index in [2.05, 4.69) is 5.32 Å². The largest absolute Gasteiger partial charge is 0.495 e. The summed E-state index contributed by atoms with van der Waals surface area (Å²) in [6.45, 7) is 3.70. The van der Waals surface area contributed by atoms with Gasteiger partial charge in [-0.3, -0.25) is 9.10 Å². The van der Waals surface area contributed by atoms with Crippen LogP contribution in [0.25, 0.3) is 0 Å². The molecule has 0 atom stereocenters. The van der Waals surface area contributed by atoms with Crippen LogP contribution in [-0.4, -0.2) is 28.0 Å². The van der Waals surface area contributed by atoms with Crippen molar-refractivity contribution in [3.05, 3.63) is 88.4 Å². The lowest BCUT2D eigenvalue weighted by Crippen LogP contribution is -2.40. The third-order valence-corrected chi connectivity index (χ3v) is 6.93. The maximum atomic E-state index is 13.5. The summed E-state index contributed by atoms with van der Waals surface area (Å²) in [6, 6.07) is 18.8. The van der Waals surface area contributed by atoms with Crippen LogP contribution in [0.1, 0.15) is 16.7 Å². The molecule has 0 bridgehead atoms. The number of aryl methyl sites for hydroxylation is 2. The number of benzene rings is 3. The van der Waals surface area contributed by atoms with Crippen LogP contribution in [0.4, 0.5) is 5.69 Å². The molecule has 1 N–H and O–H groups in total. The van der Waals surface area contributed by atoms with Crippen LogP contribution < -0.4 is 14.4 Å². The molecule has 0 heterocycles. The second-order valence-electron chi connectivity index (χ2n) is 7.40. The van der Waals surface area contributed by atoms with Gasteiger partial charge in [0.2, 0.25) is 5.91 Å². The Bertz CT molecular complexity index is 1190. The monoisotopic (exact) mass is 472 g/mol. The first kappa shape index (κ1) is 23.6. The van der Waals surface area contributed by atoms with Crippen LogP contribution in [0, 0.1) is 13.8 Å². The van der Waals surface area contributed by atoms with Crippen LogP contribution in [-0.2, 0) is 21.4 Å². The number of methoxy groups -OCH3 is 1. The summed E-state index contributed by atoms with van der Waals surface area (Å²) in [5.41, 5.74) is 3.14. The van der Waals surface area contributed by atoms with Crippen molar-refractivity contribution in [2.75, 3.05) is 18.0 Å². The van der Waals surface area contributed by atoms with E-state index in [1.807, 2.05) is 38.1 Å². The molecule has 0 radical (unpaired) electrons. The number of anilines is 1. The molecule has 6 nitrogen and oxygen atoms in total. The smallest absolute Gasteiger partial charge is 0.264 e. The molecule has 3 aromatic rings. The van der Waals surface area contributed by atoms with Gasteiger partial charge in [0.25, 0.3) is 10.0 Å². The fraction of sp³-hybridized carbons (Fsp3) is 0.208. The molecular weight excluding hydrogens is 448 g/mol. The Hall–Kier alpha value is -3.03. The number of nitrogens with one attached hydrogen (secondary N) is 1. The quantitative estimate of drug-likeness (QED) is 0.524. The lowest BCUT2D eigenvalue weighted by atomic mass is 10.1. The van der Waals surface area contributed by atoms with Crippen LogP contribution in [0.2, 0.25) is 5.02 Å². The lowest BCUT2D eigenvalue weighted by molar-refractivity contribution is -0.119. The molecule has 0 aromatic heterocycles. The van der Waals surface area contributed by atoms with Gasteiger partial charge in [0.15, 0.2) is 0 Å². The third kappa shape index (κ3) is 5.60. The van der Waals surface area contributed by atoms with E-state index in [1.54, 1.807) is 24.3 Å². The van der Waals surface area contributed by atoms with Gasteiger partial charge in [-0.05, 0) is 49.7 Å². The van der Waals surface area contributed by atoms with E-state index >= 15 is 0 Å². The fourth-order valence-electron chi connectivity index (χ4n) is 3.09. The first-order chi connectivity index (χ1) is 15.2. The van der Waals surface area contributed by atoms with E-state index in [1.165, 1.54) is 25.3 Å². The van der Waals surface area contributed by atoms with Crippen molar-refractivity contribution in [3.63, 3.8) is 0 Å². The Morgan fingerprint density at radius 3 is 2.16 bits per heavy atom. The molecule has 0 aliphatic carbocycles. The Kier molecular flexibility index (Phi) is 7.43. The normalized spacial score (nSPS) is 11.1. The molecule has 0 spiro atoms. The number of amides is 1. The van der Waals surface area contributed by atoms with Crippen molar-refractivity contribution in [3.8, 4) is 5.75 Å². The molecular formula is C24H25ClN2O4S. The highest BCUT2D eigenvalue weighted by Gasteiger charge is 2.29. The van der Waals surface area contributed by atoms with Gasteiger partial charge in [-0.2, -0.15) is 0 Å². The van der Waals surface area contributed by atoms with Crippen LogP contribution in [0.5, 0.6) is 5.75 Å². The Balaban J connectivity index is 1.93. The zero-order valence-corrected chi connectivity index (χ0v) is 19.7. The van der Waals surface area contributed by atoms with E-state index < -0.39 is 22.5 Å². The van der Waals surface area contributed by atoms with Gasteiger partial charge in [0.1, 0.15) is 12.3 Å². The maximum Gasteiger partial charge on any atom is 0.264 e. The summed E-state index contributed by atoms with van der Waals surface area (Å²) in [5, 5.41) is 3.11. The second kappa shape index (κ2) is 10.1. The van der Waals surface area contributed by atoms with Gasteiger partial charge in [-0.1, -0.05) is 59.1 Å². The second-order valence-corrected chi connectivity index (χ2v) is 9.70. The molecule has 32 heavy (non-hydrogen) atoms. The summed E-state index contributed by atoms with van der Waals surface area (Å²) >= 11 is 6.15. The summed E-state index contributed by atoms with van der Waals surface area (Å²) < 4.78 is 33.4. The van der Waals surface area contributed by atoms with Gasteiger partial charge in [0.05, 0.1) is 17.7 Å². The van der Waals surface area contributed by atoms with Gasteiger partial charge in [-0.15, -0.1) is 0 Å².